The molecule has 3 aromatic heterocycles. The van der Waals surface area contributed by atoms with Gasteiger partial charge in [-0.15, -0.1) is 6.42 Å². The Morgan fingerprint density at radius 1 is 0.560 bits per heavy atom. The van der Waals surface area contributed by atoms with Crippen LogP contribution in [-0.2, 0) is 42.9 Å². The van der Waals surface area contributed by atoms with Gasteiger partial charge in [0, 0.05) is 77.3 Å². The van der Waals surface area contributed by atoms with Crippen LogP contribution in [0.1, 0.15) is 164 Å². The highest BCUT2D eigenvalue weighted by molar-refractivity contribution is 5.75. The predicted octanol–water partition coefficient (Wildman–Crippen LogP) is 17.1. The summed E-state index contributed by atoms with van der Waals surface area (Å²) in [4.78, 5) is 6.40. The molecule has 0 amide bonds. The maximum atomic E-state index is 14.0. The summed E-state index contributed by atoms with van der Waals surface area (Å²) < 4.78 is 152. The van der Waals surface area contributed by atoms with E-state index in [-0.39, 0.29) is 49.1 Å². The maximum absolute atomic E-state index is 14.0. The molecule has 14 nitrogen and oxygen atoms in total. The van der Waals surface area contributed by atoms with E-state index in [9.17, 15) is 39.5 Å². The number of aromatic amines is 3. The van der Waals surface area contributed by atoms with Gasteiger partial charge < -0.3 is 38.4 Å². The molecule has 3 heterocycles. The molecule has 3 N–H and O–H groups in total. The van der Waals surface area contributed by atoms with Gasteiger partial charge in [-0.05, 0) is 141 Å². The second kappa shape index (κ2) is 35.9. The second-order valence-electron chi connectivity index (χ2n) is 24.2. The number of benzene rings is 3. The van der Waals surface area contributed by atoms with Crippen molar-refractivity contribution in [3.63, 3.8) is 0 Å². The fraction of sp³-hybridized carbons (Fsp3) is 0.574. The van der Waals surface area contributed by atoms with Gasteiger partial charge in [0.2, 0.25) is 0 Å². The van der Waals surface area contributed by atoms with Gasteiger partial charge in [0.05, 0.1) is 78.3 Å². The van der Waals surface area contributed by atoms with Crippen molar-refractivity contribution in [1.29, 1.82) is 0 Å². The minimum absolute atomic E-state index is 0.00275. The van der Waals surface area contributed by atoms with Crippen LogP contribution in [0.4, 0.5) is 39.5 Å². The van der Waals surface area contributed by atoms with Crippen LogP contribution in [0.3, 0.4) is 0 Å². The van der Waals surface area contributed by atoms with E-state index in [0.717, 1.165) is 125 Å². The number of hydrogen-bond acceptors (Lipinski definition) is 11. The highest BCUT2D eigenvalue weighted by Crippen LogP contribution is 2.46. The van der Waals surface area contributed by atoms with E-state index in [1.165, 1.54) is 19.2 Å². The average molecular weight is 1290 g/mol. The van der Waals surface area contributed by atoms with Gasteiger partial charge in [-0.25, -0.2) is 0 Å². The molecule has 0 saturated heterocycles. The lowest BCUT2D eigenvalue weighted by molar-refractivity contribution is -0.139. The Balaban J connectivity index is 0.000000249. The van der Waals surface area contributed by atoms with Gasteiger partial charge in [0.25, 0.3) is 0 Å². The van der Waals surface area contributed by atoms with Crippen molar-refractivity contribution in [3.05, 3.63) is 99.5 Å². The fourth-order valence-corrected chi connectivity index (χ4v) is 10.2. The molecule has 0 unspecified atom stereocenters. The number of rotatable bonds is 31. The molecule has 1 aliphatic rings. The van der Waals surface area contributed by atoms with Crippen molar-refractivity contribution in [1.82, 2.24) is 45.3 Å². The lowest BCUT2D eigenvalue weighted by Gasteiger charge is -2.22. The Morgan fingerprint density at radius 3 is 1.46 bits per heavy atom. The fourth-order valence-electron chi connectivity index (χ4n) is 10.2. The Kier molecular flexibility index (Phi) is 29.6. The quantitative estimate of drug-likeness (QED) is 0.0218. The standard InChI is InChI=1S/C25H36F3N3O2.C23H30F3N3O.C20H28F3N3O2/c1-5-6-11-31(4)15-18-14-29-30-24(18)20-12-21(25(26,27)28)23(32-16-17(2)3)13-22(20)33-19-9-7-8-10-19;1-6-8-10-29(5)15-18-14-27-28-22(18)19-13-20(23(24,25)26)21(12-17(19)7-2)30-11-9-16(3)4;1-5-6-7-26(3)13-15-12-24-25-19(15)17-10-16(20(21,22)23)11-18(14(17)2)28-9-8-27-4/h12-14,17,19H,5-11,15-16H2,1-4H3,(H,29,30);2,12-14,16H,6,8-11,15H2,1,3-5H3,(H,27,28);10-12H,5-9,13H2,1-4H3,(H,24,25). The van der Waals surface area contributed by atoms with E-state index in [1.807, 2.05) is 48.8 Å². The lowest BCUT2D eigenvalue weighted by Crippen LogP contribution is -2.19. The summed E-state index contributed by atoms with van der Waals surface area (Å²) in [7, 11) is 7.48. The van der Waals surface area contributed by atoms with Crippen molar-refractivity contribution >= 4 is 0 Å². The minimum Gasteiger partial charge on any atom is -0.493 e. The largest absolute Gasteiger partial charge is 0.493 e. The zero-order valence-electron chi connectivity index (χ0n) is 55.0. The third-order valence-electron chi connectivity index (χ3n) is 15.3. The number of nitrogens with one attached hydrogen (secondary N) is 3. The van der Waals surface area contributed by atoms with E-state index in [2.05, 4.69) is 72.0 Å². The van der Waals surface area contributed by atoms with Gasteiger partial charge in [-0.3, -0.25) is 15.3 Å². The number of unbranched alkanes of at least 4 members (excludes halogenated alkanes) is 3. The molecule has 3 aromatic carbocycles. The van der Waals surface area contributed by atoms with Crippen LogP contribution in [0.25, 0.3) is 33.8 Å². The Hall–Kier alpha value is -6.74. The highest BCUT2D eigenvalue weighted by Gasteiger charge is 2.39. The zero-order valence-corrected chi connectivity index (χ0v) is 55.0. The van der Waals surface area contributed by atoms with Crippen molar-refractivity contribution in [3.8, 4) is 69.1 Å². The topological polar surface area (TPSA) is 142 Å². The number of alkyl halides is 9. The molecular weight excluding hydrogens is 1190 g/mol. The van der Waals surface area contributed by atoms with Crippen LogP contribution in [0, 0.1) is 31.1 Å². The summed E-state index contributed by atoms with van der Waals surface area (Å²) in [5.41, 5.74) is 3.86. The molecule has 1 aliphatic carbocycles. The summed E-state index contributed by atoms with van der Waals surface area (Å²) in [6, 6.07) is 7.15. The molecule has 0 spiro atoms. The second-order valence-corrected chi connectivity index (χ2v) is 24.2. The summed E-state index contributed by atoms with van der Waals surface area (Å²) in [6.07, 6.45) is 8.02. The van der Waals surface area contributed by atoms with Crippen LogP contribution in [0.2, 0.25) is 0 Å². The first-order valence-corrected chi connectivity index (χ1v) is 31.5. The molecule has 1 saturated carbocycles. The van der Waals surface area contributed by atoms with E-state index in [4.69, 9.17) is 30.1 Å². The average Bonchev–Trinajstić information content (AvgIpc) is 1.90. The zero-order chi connectivity index (χ0) is 67.1. The summed E-state index contributed by atoms with van der Waals surface area (Å²) >= 11 is 0. The molecule has 1 fully saturated rings. The normalized spacial score (nSPS) is 13.1. The van der Waals surface area contributed by atoms with Crippen molar-refractivity contribution < 1.29 is 63.2 Å². The summed E-state index contributed by atoms with van der Waals surface area (Å²) in [5.74, 6) is 3.12. The minimum atomic E-state index is -4.56. The van der Waals surface area contributed by atoms with Crippen molar-refractivity contribution in [2.45, 2.75) is 170 Å². The smallest absolute Gasteiger partial charge is 0.419 e. The number of H-pyrrole nitrogens is 3. The number of aromatic nitrogens is 6. The molecule has 91 heavy (non-hydrogen) atoms. The monoisotopic (exact) mass is 1290 g/mol. The highest BCUT2D eigenvalue weighted by atomic mass is 19.4. The van der Waals surface area contributed by atoms with Crippen molar-refractivity contribution in [2.75, 3.05) is 74.3 Å². The van der Waals surface area contributed by atoms with E-state index in [0.29, 0.717) is 89.2 Å². The molecule has 7 rings (SSSR count). The van der Waals surface area contributed by atoms with Gasteiger partial charge in [-0.1, -0.05) is 73.6 Å². The Bertz CT molecular complexity index is 3180. The third kappa shape index (κ3) is 23.1. The molecule has 0 radical (unpaired) electrons. The van der Waals surface area contributed by atoms with Gasteiger partial charge in [-0.2, -0.15) is 54.8 Å². The maximum Gasteiger partial charge on any atom is 0.419 e. The third-order valence-corrected chi connectivity index (χ3v) is 15.3. The first kappa shape index (κ1) is 75.0. The number of halogens is 9. The molecular formula is C68H94F9N9O5. The number of nitrogens with zero attached hydrogens (tertiary/aromatic N) is 6. The van der Waals surface area contributed by atoms with Crippen LogP contribution in [0.5, 0.6) is 23.0 Å². The van der Waals surface area contributed by atoms with Gasteiger partial charge in [0.15, 0.2) is 0 Å². The molecule has 0 aliphatic heterocycles. The Morgan fingerprint density at radius 2 is 1.02 bits per heavy atom. The molecule has 0 atom stereocenters. The van der Waals surface area contributed by atoms with E-state index >= 15 is 0 Å². The summed E-state index contributed by atoms with van der Waals surface area (Å²) in [5, 5.41) is 20.9. The van der Waals surface area contributed by atoms with Crippen molar-refractivity contribution in [2.24, 2.45) is 11.8 Å². The van der Waals surface area contributed by atoms with Crippen LogP contribution >= 0.6 is 0 Å². The van der Waals surface area contributed by atoms with E-state index < -0.39 is 35.2 Å². The Labute approximate surface area is 531 Å². The van der Waals surface area contributed by atoms with Gasteiger partial charge in [0.1, 0.15) is 29.6 Å². The lowest BCUT2D eigenvalue weighted by atomic mass is 9.98. The van der Waals surface area contributed by atoms with Gasteiger partial charge >= 0.3 is 18.5 Å². The molecule has 23 heteroatoms. The van der Waals surface area contributed by atoms with Crippen LogP contribution in [-0.4, -0.2) is 126 Å². The van der Waals surface area contributed by atoms with Crippen LogP contribution in [0.15, 0.2) is 55.0 Å². The number of terminal acetylenes is 1. The number of methoxy groups -OCH3 is 1. The molecule has 0 bridgehead atoms. The molecule has 504 valence electrons. The van der Waals surface area contributed by atoms with E-state index in [1.54, 1.807) is 25.5 Å². The first-order chi connectivity index (χ1) is 43.1. The number of ether oxygens (including phenoxy) is 5. The first-order valence-electron chi connectivity index (χ1n) is 31.5. The molecule has 6 aromatic rings. The van der Waals surface area contributed by atoms with Crippen LogP contribution < -0.4 is 18.9 Å². The predicted molar refractivity (Wildman–Crippen MR) is 339 cm³/mol. The SMILES string of the molecule is C#Cc1cc(OCCC(C)C)c(C(F)(F)F)cc1-c1[nH]ncc1CN(C)CCCC.CCCCN(C)Cc1cn[nH]c1-c1cc(C(F)(F)F)c(OCC(C)C)cc1OC1CCCC1.CCCCN(C)Cc1cn[nH]c1-c1cc(C(F)(F)F)cc(OCCOC)c1C. The summed E-state index contributed by atoms with van der Waals surface area (Å²) in [6.45, 7) is 21.2. The number of hydrogen-bond donors (Lipinski definition) is 3.